The van der Waals surface area contributed by atoms with E-state index in [0.29, 0.717) is 31.7 Å². The lowest BCUT2D eigenvalue weighted by atomic mass is 10.1. The second kappa shape index (κ2) is 6.83. The van der Waals surface area contributed by atoms with Crippen LogP contribution in [0, 0.1) is 0 Å². The van der Waals surface area contributed by atoms with Crippen LogP contribution < -0.4 is 4.74 Å². The largest absolute Gasteiger partial charge is 0.497 e. The minimum absolute atomic E-state index is 0.00382. The number of rotatable bonds is 3. The minimum Gasteiger partial charge on any atom is -0.497 e. The zero-order valence-electron chi connectivity index (χ0n) is 12.9. The normalized spacial score (nSPS) is 14.7. The van der Waals surface area contributed by atoms with Crippen molar-refractivity contribution in [3.63, 3.8) is 0 Å². The Hall–Kier alpha value is -2.34. The minimum atomic E-state index is -0.00382. The molecule has 3 rings (SSSR count). The van der Waals surface area contributed by atoms with Crippen LogP contribution in [0.15, 0.2) is 41.8 Å². The topological polar surface area (TPSA) is 49.9 Å². The van der Waals surface area contributed by atoms with Gasteiger partial charge in [-0.1, -0.05) is 6.07 Å². The smallest absolute Gasteiger partial charge is 0.264 e. The molecule has 1 fully saturated rings. The molecule has 1 aromatic heterocycles. The van der Waals surface area contributed by atoms with Gasteiger partial charge in [-0.25, -0.2) is 0 Å². The van der Waals surface area contributed by atoms with Crippen LogP contribution in [0.3, 0.4) is 0 Å². The van der Waals surface area contributed by atoms with Crippen LogP contribution in [-0.2, 0) is 0 Å². The molecule has 2 amide bonds. The summed E-state index contributed by atoms with van der Waals surface area (Å²) in [5, 5.41) is 1.90. The molecule has 1 aromatic carbocycles. The Kier molecular flexibility index (Phi) is 4.62. The standard InChI is InChI=1S/C17H18N2O3S/c1-22-14-6-4-13(5-7-14)16(20)18-8-10-19(11-9-18)17(21)15-3-2-12-23-15/h2-7,12H,8-11H2,1H3. The molecule has 6 heteroatoms. The quantitative estimate of drug-likeness (QED) is 0.868. The zero-order chi connectivity index (χ0) is 16.2. The van der Waals surface area contributed by atoms with Crippen molar-refractivity contribution in [3.05, 3.63) is 52.2 Å². The molecule has 23 heavy (non-hydrogen) atoms. The molecule has 0 unspecified atom stereocenters. The van der Waals surface area contributed by atoms with E-state index >= 15 is 0 Å². The third-order valence-electron chi connectivity index (χ3n) is 3.92. The molecule has 0 saturated carbocycles. The summed E-state index contributed by atoms with van der Waals surface area (Å²) in [7, 11) is 1.60. The molecular weight excluding hydrogens is 312 g/mol. The van der Waals surface area contributed by atoms with E-state index in [-0.39, 0.29) is 11.8 Å². The van der Waals surface area contributed by atoms with Crippen LogP contribution in [0.2, 0.25) is 0 Å². The SMILES string of the molecule is COc1ccc(C(=O)N2CCN(C(=O)c3cccs3)CC2)cc1. The molecule has 2 aromatic rings. The third kappa shape index (κ3) is 3.37. The maximum absolute atomic E-state index is 12.5. The number of thiophene rings is 1. The van der Waals surface area contributed by atoms with Gasteiger partial charge in [-0.2, -0.15) is 0 Å². The third-order valence-corrected chi connectivity index (χ3v) is 4.78. The van der Waals surface area contributed by atoms with Gasteiger partial charge < -0.3 is 14.5 Å². The number of methoxy groups -OCH3 is 1. The summed E-state index contributed by atoms with van der Waals surface area (Å²) in [5.41, 5.74) is 0.642. The van der Waals surface area contributed by atoms with Gasteiger partial charge in [0.15, 0.2) is 0 Å². The zero-order valence-corrected chi connectivity index (χ0v) is 13.7. The predicted molar refractivity (Wildman–Crippen MR) is 89.1 cm³/mol. The van der Waals surface area contributed by atoms with Crippen molar-refractivity contribution in [1.29, 1.82) is 0 Å². The monoisotopic (exact) mass is 330 g/mol. The maximum Gasteiger partial charge on any atom is 0.264 e. The first-order valence-corrected chi connectivity index (χ1v) is 8.33. The first kappa shape index (κ1) is 15.6. The number of carbonyl (C=O) groups excluding carboxylic acids is 2. The van der Waals surface area contributed by atoms with E-state index in [1.54, 1.807) is 36.3 Å². The van der Waals surface area contributed by atoms with Gasteiger partial charge in [0.05, 0.1) is 12.0 Å². The van der Waals surface area contributed by atoms with Gasteiger partial charge in [-0.15, -0.1) is 11.3 Å². The molecule has 0 atom stereocenters. The van der Waals surface area contributed by atoms with Crippen molar-refractivity contribution >= 4 is 23.2 Å². The number of benzene rings is 1. The predicted octanol–water partition coefficient (Wildman–Crippen LogP) is 2.35. The number of nitrogens with zero attached hydrogens (tertiary/aromatic N) is 2. The second-order valence-electron chi connectivity index (χ2n) is 5.29. The molecule has 5 nitrogen and oxygen atoms in total. The summed E-state index contributed by atoms with van der Waals surface area (Å²) in [6, 6.07) is 10.8. The highest BCUT2D eigenvalue weighted by Gasteiger charge is 2.25. The van der Waals surface area contributed by atoms with Crippen molar-refractivity contribution in [2.24, 2.45) is 0 Å². The molecule has 1 aliphatic rings. The van der Waals surface area contributed by atoms with Crippen LogP contribution in [0.25, 0.3) is 0 Å². The highest BCUT2D eigenvalue weighted by molar-refractivity contribution is 7.12. The number of hydrogen-bond donors (Lipinski definition) is 0. The highest BCUT2D eigenvalue weighted by atomic mass is 32.1. The molecule has 2 heterocycles. The Bertz CT molecular complexity index is 674. The summed E-state index contributed by atoms with van der Waals surface area (Å²) in [5.74, 6) is 0.778. The average molecular weight is 330 g/mol. The van der Waals surface area contributed by atoms with Crippen molar-refractivity contribution in [3.8, 4) is 5.75 Å². The number of hydrogen-bond acceptors (Lipinski definition) is 4. The number of ether oxygens (including phenoxy) is 1. The van der Waals surface area contributed by atoms with E-state index in [1.165, 1.54) is 11.3 Å². The fourth-order valence-corrected chi connectivity index (χ4v) is 3.28. The average Bonchev–Trinajstić information content (AvgIpc) is 3.15. The first-order valence-electron chi connectivity index (χ1n) is 7.45. The fraction of sp³-hybridized carbons (Fsp3) is 0.294. The first-order chi connectivity index (χ1) is 11.2. The van der Waals surface area contributed by atoms with E-state index < -0.39 is 0 Å². The van der Waals surface area contributed by atoms with Crippen molar-refractivity contribution in [2.75, 3.05) is 33.3 Å². The van der Waals surface area contributed by atoms with E-state index in [2.05, 4.69) is 0 Å². The van der Waals surface area contributed by atoms with Gasteiger partial charge in [0.1, 0.15) is 5.75 Å². The lowest BCUT2D eigenvalue weighted by Crippen LogP contribution is -2.50. The Balaban J connectivity index is 1.59. The Morgan fingerprint density at radius 2 is 1.57 bits per heavy atom. The molecular formula is C17H18N2O3S. The molecule has 0 spiro atoms. The highest BCUT2D eigenvalue weighted by Crippen LogP contribution is 2.16. The van der Waals surface area contributed by atoms with Gasteiger partial charge in [0.25, 0.3) is 11.8 Å². The Morgan fingerprint density at radius 1 is 0.957 bits per heavy atom. The van der Waals surface area contributed by atoms with Gasteiger partial charge in [-0.3, -0.25) is 9.59 Å². The van der Waals surface area contributed by atoms with Gasteiger partial charge >= 0.3 is 0 Å². The van der Waals surface area contributed by atoms with Crippen molar-refractivity contribution in [2.45, 2.75) is 0 Å². The number of carbonyl (C=O) groups is 2. The Labute approximate surface area is 139 Å². The fourth-order valence-electron chi connectivity index (χ4n) is 2.58. The molecule has 0 aliphatic carbocycles. The number of piperazine rings is 1. The van der Waals surface area contributed by atoms with Crippen LogP contribution in [0.5, 0.6) is 5.75 Å². The summed E-state index contributed by atoms with van der Waals surface area (Å²) < 4.78 is 5.10. The summed E-state index contributed by atoms with van der Waals surface area (Å²) in [4.78, 5) is 29.1. The van der Waals surface area contributed by atoms with Crippen LogP contribution in [-0.4, -0.2) is 54.9 Å². The van der Waals surface area contributed by atoms with Gasteiger partial charge in [0.2, 0.25) is 0 Å². The van der Waals surface area contributed by atoms with Crippen LogP contribution in [0.4, 0.5) is 0 Å². The molecule has 1 aliphatic heterocycles. The van der Waals surface area contributed by atoms with Gasteiger partial charge in [-0.05, 0) is 35.7 Å². The van der Waals surface area contributed by atoms with E-state index in [9.17, 15) is 9.59 Å². The molecule has 1 saturated heterocycles. The van der Waals surface area contributed by atoms with Crippen molar-refractivity contribution < 1.29 is 14.3 Å². The molecule has 120 valence electrons. The van der Waals surface area contributed by atoms with Crippen LogP contribution >= 0.6 is 11.3 Å². The Morgan fingerprint density at radius 3 is 2.09 bits per heavy atom. The lowest BCUT2D eigenvalue weighted by Gasteiger charge is -2.34. The van der Waals surface area contributed by atoms with E-state index in [0.717, 1.165) is 10.6 Å². The summed E-state index contributed by atoms with van der Waals surface area (Å²) in [6.45, 7) is 2.25. The maximum atomic E-state index is 12.5. The molecule has 0 radical (unpaired) electrons. The van der Waals surface area contributed by atoms with Gasteiger partial charge in [0, 0.05) is 31.7 Å². The number of amides is 2. The van der Waals surface area contributed by atoms with Crippen LogP contribution in [0.1, 0.15) is 20.0 Å². The second-order valence-corrected chi connectivity index (χ2v) is 6.24. The lowest BCUT2D eigenvalue weighted by molar-refractivity contribution is 0.0538. The molecule has 0 bridgehead atoms. The summed E-state index contributed by atoms with van der Waals surface area (Å²) >= 11 is 1.45. The van der Waals surface area contributed by atoms with E-state index in [1.807, 2.05) is 22.4 Å². The molecule has 0 N–H and O–H groups in total. The van der Waals surface area contributed by atoms with E-state index in [4.69, 9.17) is 4.74 Å². The summed E-state index contributed by atoms with van der Waals surface area (Å²) in [6.07, 6.45) is 0. The van der Waals surface area contributed by atoms with Crippen molar-refractivity contribution in [1.82, 2.24) is 9.80 Å².